The number of hydrogen-bond acceptors (Lipinski definition) is 3. The van der Waals surface area contributed by atoms with Crippen LogP contribution in [0.15, 0.2) is 0 Å². The van der Waals surface area contributed by atoms with E-state index in [-0.39, 0.29) is 11.8 Å². The number of rotatable bonds is 7. The lowest BCUT2D eigenvalue weighted by molar-refractivity contribution is -0.124. The number of ether oxygens (including phenoxy) is 1. The van der Waals surface area contributed by atoms with Crippen molar-refractivity contribution in [2.75, 3.05) is 32.8 Å². The van der Waals surface area contributed by atoms with Gasteiger partial charge < -0.3 is 15.4 Å². The van der Waals surface area contributed by atoms with Crippen LogP contribution < -0.4 is 10.6 Å². The van der Waals surface area contributed by atoms with E-state index in [4.69, 9.17) is 4.74 Å². The Hall–Kier alpha value is -0.610. The fraction of sp³-hybridized carbons (Fsp3) is 0.917. The fourth-order valence-electron chi connectivity index (χ4n) is 1.69. The third kappa shape index (κ3) is 5.47. The van der Waals surface area contributed by atoms with E-state index >= 15 is 0 Å². The van der Waals surface area contributed by atoms with Crippen molar-refractivity contribution in [3.8, 4) is 0 Å². The summed E-state index contributed by atoms with van der Waals surface area (Å²) in [4.78, 5) is 11.6. The Morgan fingerprint density at radius 3 is 2.94 bits per heavy atom. The molecular weight excluding hydrogens is 204 g/mol. The predicted octanol–water partition coefficient (Wildman–Crippen LogP) is 0.775. The first kappa shape index (κ1) is 13.5. The molecule has 0 aromatic heterocycles. The topological polar surface area (TPSA) is 50.4 Å². The van der Waals surface area contributed by atoms with Gasteiger partial charge in [0.05, 0.1) is 12.5 Å². The van der Waals surface area contributed by atoms with Crippen LogP contribution in [0.3, 0.4) is 0 Å². The Morgan fingerprint density at radius 1 is 1.50 bits per heavy atom. The van der Waals surface area contributed by atoms with Crippen molar-refractivity contribution in [3.05, 3.63) is 0 Å². The minimum Gasteiger partial charge on any atom is -0.380 e. The predicted molar refractivity (Wildman–Crippen MR) is 64.3 cm³/mol. The summed E-state index contributed by atoms with van der Waals surface area (Å²) >= 11 is 0. The van der Waals surface area contributed by atoms with Crippen molar-refractivity contribution in [2.24, 2.45) is 11.8 Å². The number of carbonyl (C=O) groups excluding carboxylic acids is 1. The molecule has 1 rings (SSSR count). The first-order valence-electron chi connectivity index (χ1n) is 6.26. The van der Waals surface area contributed by atoms with Gasteiger partial charge in [0.1, 0.15) is 0 Å². The molecule has 4 heteroatoms. The minimum absolute atomic E-state index is 0.163. The van der Waals surface area contributed by atoms with E-state index in [0.29, 0.717) is 19.1 Å². The Balaban J connectivity index is 1.92. The van der Waals surface area contributed by atoms with E-state index in [1.807, 2.05) is 0 Å². The minimum atomic E-state index is 0.163. The number of hydrogen-bond donors (Lipinski definition) is 2. The number of nitrogens with one attached hydrogen (secondary N) is 2. The molecule has 0 aromatic carbocycles. The second-order valence-electron chi connectivity index (χ2n) is 4.78. The van der Waals surface area contributed by atoms with E-state index in [1.54, 1.807) is 0 Å². The zero-order valence-electron chi connectivity index (χ0n) is 10.4. The van der Waals surface area contributed by atoms with Crippen LogP contribution in [0.1, 0.15) is 26.7 Å². The van der Waals surface area contributed by atoms with Crippen LogP contribution in [0.2, 0.25) is 0 Å². The highest BCUT2D eigenvalue weighted by molar-refractivity contribution is 5.79. The Labute approximate surface area is 98.1 Å². The van der Waals surface area contributed by atoms with Gasteiger partial charge in [0.2, 0.25) is 5.91 Å². The standard InChI is InChI=1S/C12H24N2O2/c1-10(2)4-7-16-8-6-14-12(15)11-3-5-13-9-11/h10-11,13H,3-9H2,1-2H3,(H,14,15). The molecule has 0 spiro atoms. The molecule has 1 aliphatic heterocycles. The molecule has 16 heavy (non-hydrogen) atoms. The summed E-state index contributed by atoms with van der Waals surface area (Å²) in [5, 5.41) is 6.09. The third-order valence-electron chi connectivity index (χ3n) is 2.82. The molecule has 1 aliphatic rings. The molecule has 4 nitrogen and oxygen atoms in total. The normalized spacial score (nSPS) is 20.3. The second kappa shape index (κ2) is 7.63. The zero-order valence-corrected chi connectivity index (χ0v) is 10.4. The summed E-state index contributed by atoms with van der Waals surface area (Å²) in [6, 6.07) is 0. The highest BCUT2D eigenvalue weighted by atomic mass is 16.5. The van der Waals surface area contributed by atoms with Crippen molar-refractivity contribution in [1.29, 1.82) is 0 Å². The smallest absolute Gasteiger partial charge is 0.224 e. The molecule has 1 atom stereocenters. The largest absolute Gasteiger partial charge is 0.380 e. The zero-order chi connectivity index (χ0) is 11.8. The molecule has 1 fully saturated rings. The molecule has 1 unspecified atom stereocenters. The Bertz CT molecular complexity index is 201. The SMILES string of the molecule is CC(C)CCOCCNC(=O)C1CCNC1. The fourth-order valence-corrected chi connectivity index (χ4v) is 1.69. The maximum Gasteiger partial charge on any atom is 0.224 e. The first-order chi connectivity index (χ1) is 7.70. The quantitative estimate of drug-likeness (QED) is 0.633. The summed E-state index contributed by atoms with van der Waals surface area (Å²) < 4.78 is 5.43. The van der Waals surface area contributed by atoms with Crippen LogP contribution in [0.25, 0.3) is 0 Å². The maximum atomic E-state index is 11.6. The lowest BCUT2D eigenvalue weighted by atomic mass is 10.1. The van der Waals surface area contributed by atoms with Crippen LogP contribution in [0.4, 0.5) is 0 Å². The number of carbonyl (C=O) groups is 1. The molecule has 0 radical (unpaired) electrons. The van der Waals surface area contributed by atoms with E-state index < -0.39 is 0 Å². The highest BCUT2D eigenvalue weighted by Crippen LogP contribution is 2.06. The molecule has 2 N–H and O–H groups in total. The Morgan fingerprint density at radius 2 is 2.31 bits per heavy atom. The lowest BCUT2D eigenvalue weighted by Crippen LogP contribution is -2.34. The molecule has 0 saturated carbocycles. The summed E-state index contributed by atoms with van der Waals surface area (Å²) in [6.07, 6.45) is 2.04. The summed E-state index contributed by atoms with van der Waals surface area (Å²) in [7, 11) is 0. The lowest BCUT2D eigenvalue weighted by Gasteiger charge is -2.10. The van der Waals surface area contributed by atoms with Gasteiger partial charge in [-0.05, 0) is 25.3 Å². The van der Waals surface area contributed by atoms with Gasteiger partial charge in [-0.2, -0.15) is 0 Å². The average Bonchev–Trinajstić information content (AvgIpc) is 2.75. The summed E-state index contributed by atoms with van der Waals surface area (Å²) in [5.41, 5.74) is 0. The maximum absolute atomic E-state index is 11.6. The highest BCUT2D eigenvalue weighted by Gasteiger charge is 2.21. The van der Waals surface area contributed by atoms with Gasteiger partial charge in [-0.25, -0.2) is 0 Å². The molecule has 1 amide bonds. The van der Waals surface area contributed by atoms with Crippen molar-refractivity contribution in [3.63, 3.8) is 0 Å². The van der Waals surface area contributed by atoms with Gasteiger partial charge in [-0.3, -0.25) is 4.79 Å². The average molecular weight is 228 g/mol. The molecule has 0 bridgehead atoms. The van der Waals surface area contributed by atoms with Gasteiger partial charge >= 0.3 is 0 Å². The molecule has 0 aliphatic carbocycles. The van der Waals surface area contributed by atoms with E-state index in [1.165, 1.54) is 0 Å². The van der Waals surface area contributed by atoms with Gasteiger partial charge in [0.15, 0.2) is 0 Å². The van der Waals surface area contributed by atoms with Crippen LogP contribution >= 0.6 is 0 Å². The van der Waals surface area contributed by atoms with Gasteiger partial charge in [-0.15, -0.1) is 0 Å². The van der Waals surface area contributed by atoms with Crippen molar-refractivity contribution >= 4 is 5.91 Å². The van der Waals surface area contributed by atoms with Crippen molar-refractivity contribution < 1.29 is 9.53 Å². The molecule has 0 aromatic rings. The van der Waals surface area contributed by atoms with E-state index in [0.717, 1.165) is 32.5 Å². The number of amides is 1. The van der Waals surface area contributed by atoms with Crippen molar-refractivity contribution in [2.45, 2.75) is 26.7 Å². The van der Waals surface area contributed by atoms with Gasteiger partial charge in [0.25, 0.3) is 0 Å². The monoisotopic (exact) mass is 228 g/mol. The van der Waals surface area contributed by atoms with Crippen molar-refractivity contribution in [1.82, 2.24) is 10.6 Å². The Kier molecular flexibility index (Phi) is 6.42. The van der Waals surface area contributed by atoms with Crippen LogP contribution in [-0.4, -0.2) is 38.8 Å². The summed E-state index contributed by atoms with van der Waals surface area (Å²) in [5.74, 6) is 1.01. The van der Waals surface area contributed by atoms with Gasteiger partial charge in [-0.1, -0.05) is 13.8 Å². The third-order valence-corrected chi connectivity index (χ3v) is 2.82. The molecule has 1 heterocycles. The molecule has 1 saturated heterocycles. The second-order valence-corrected chi connectivity index (χ2v) is 4.78. The first-order valence-corrected chi connectivity index (χ1v) is 6.26. The van der Waals surface area contributed by atoms with Crippen LogP contribution in [0.5, 0.6) is 0 Å². The van der Waals surface area contributed by atoms with E-state index in [2.05, 4.69) is 24.5 Å². The molecular formula is C12H24N2O2. The molecule has 94 valence electrons. The van der Waals surface area contributed by atoms with Gasteiger partial charge in [0, 0.05) is 19.7 Å². The van der Waals surface area contributed by atoms with Crippen LogP contribution in [0, 0.1) is 11.8 Å². The van der Waals surface area contributed by atoms with E-state index in [9.17, 15) is 4.79 Å². The summed E-state index contributed by atoms with van der Waals surface area (Å²) in [6.45, 7) is 8.18. The van der Waals surface area contributed by atoms with Crippen LogP contribution in [-0.2, 0) is 9.53 Å².